The molecule has 2 saturated heterocycles. The molecule has 35 heavy (non-hydrogen) atoms. The predicted octanol–water partition coefficient (Wildman–Crippen LogP) is 1.87. The molecule has 3 aliphatic rings. The van der Waals surface area contributed by atoms with Crippen molar-refractivity contribution in [1.29, 1.82) is 0 Å². The molecule has 3 aliphatic heterocycles. The number of carbonyl (C=O) groups excluding carboxylic acids is 3. The normalized spacial score (nSPS) is 21.8. The van der Waals surface area contributed by atoms with Crippen molar-refractivity contribution in [2.24, 2.45) is 5.92 Å². The molecule has 0 radical (unpaired) electrons. The van der Waals surface area contributed by atoms with Crippen molar-refractivity contribution in [2.75, 3.05) is 51.3 Å². The molecular formula is C26H29N3O6. The minimum absolute atomic E-state index is 0.0502. The molecule has 0 aliphatic carbocycles. The first-order valence-corrected chi connectivity index (χ1v) is 11.9. The number of fused-ring (bicyclic) bond motifs is 1. The van der Waals surface area contributed by atoms with Gasteiger partial charge in [0.2, 0.25) is 17.9 Å². The Morgan fingerprint density at radius 1 is 0.971 bits per heavy atom. The van der Waals surface area contributed by atoms with Crippen LogP contribution >= 0.6 is 0 Å². The Bertz CT molecular complexity index is 1140. The van der Waals surface area contributed by atoms with Crippen LogP contribution in [-0.2, 0) is 14.4 Å². The summed E-state index contributed by atoms with van der Waals surface area (Å²) in [6.45, 7) is 4.13. The smallest absolute Gasteiger partial charge is 0.267 e. The van der Waals surface area contributed by atoms with Crippen molar-refractivity contribution in [2.45, 2.75) is 19.4 Å². The van der Waals surface area contributed by atoms with Crippen LogP contribution < -0.4 is 19.1 Å². The topological polar surface area (TPSA) is 88.6 Å². The molecule has 2 aromatic carbocycles. The number of carbonyl (C=O) groups is 3. The van der Waals surface area contributed by atoms with Gasteiger partial charge < -0.3 is 28.9 Å². The van der Waals surface area contributed by atoms with Crippen molar-refractivity contribution < 1.29 is 28.6 Å². The van der Waals surface area contributed by atoms with Crippen LogP contribution in [0.15, 0.2) is 42.5 Å². The SMILES string of the molecule is COc1ccc(C)cc1N1C[C@@H](C(=O)N2CCN(C(=O)[C@H]3COc4ccccc4O3)CC2)CC1=O. The summed E-state index contributed by atoms with van der Waals surface area (Å²) in [6, 6.07) is 13.0. The van der Waals surface area contributed by atoms with E-state index < -0.39 is 12.0 Å². The number of methoxy groups -OCH3 is 1. The average molecular weight is 480 g/mol. The van der Waals surface area contributed by atoms with Crippen molar-refractivity contribution in [3.05, 3.63) is 48.0 Å². The van der Waals surface area contributed by atoms with Gasteiger partial charge in [-0.3, -0.25) is 14.4 Å². The Kier molecular flexibility index (Phi) is 6.23. The minimum atomic E-state index is -0.697. The fraction of sp³-hybridized carbons (Fsp3) is 0.423. The van der Waals surface area contributed by atoms with Gasteiger partial charge in [0.25, 0.3) is 5.91 Å². The monoisotopic (exact) mass is 479 g/mol. The second-order valence-electron chi connectivity index (χ2n) is 9.10. The van der Waals surface area contributed by atoms with Crippen molar-refractivity contribution in [1.82, 2.24) is 9.80 Å². The number of hydrogen-bond donors (Lipinski definition) is 0. The average Bonchev–Trinajstić information content (AvgIpc) is 3.29. The number of para-hydroxylation sites is 2. The Balaban J connectivity index is 1.17. The number of amides is 3. The first-order valence-electron chi connectivity index (χ1n) is 11.9. The molecule has 184 valence electrons. The largest absolute Gasteiger partial charge is 0.495 e. The molecule has 2 atom stereocenters. The van der Waals surface area contributed by atoms with Gasteiger partial charge in [-0.05, 0) is 36.8 Å². The highest BCUT2D eigenvalue weighted by atomic mass is 16.6. The van der Waals surface area contributed by atoms with Gasteiger partial charge in [0.1, 0.15) is 12.4 Å². The zero-order valence-electron chi connectivity index (χ0n) is 19.9. The molecule has 5 rings (SSSR count). The summed E-state index contributed by atoms with van der Waals surface area (Å²) in [5.74, 6) is 1.12. The number of rotatable bonds is 4. The number of anilines is 1. The highest BCUT2D eigenvalue weighted by Gasteiger charge is 2.40. The van der Waals surface area contributed by atoms with Gasteiger partial charge in [0, 0.05) is 39.1 Å². The molecule has 9 nitrogen and oxygen atoms in total. The maximum absolute atomic E-state index is 13.2. The number of hydrogen-bond acceptors (Lipinski definition) is 6. The fourth-order valence-electron chi connectivity index (χ4n) is 4.87. The molecule has 0 unspecified atom stereocenters. The van der Waals surface area contributed by atoms with Crippen LogP contribution in [0.4, 0.5) is 5.69 Å². The van der Waals surface area contributed by atoms with E-state index in [1.165, 1.54) is 0 Å². The van der Waals surface area contributed by atoms with Crippen molar-refractivity contribution in [3.63, 3.8) is 0 Å². The molecule has 0 saturated carbocycles. The van der Waals surface area contributed by atoms with Crippen LogP contribution in [0.5, 0.6) is 17.2 Å². The third-order valence-electron chi connectivity index (χ3n) is 6.79. The van der Waals surface area contributed by atoms with E-state index in [0.29, 0.717) is 55.7 Å². The van der Waals surface area contributed by atoms with E-state index in [1.54, 1.807) is 27.9 Å². The lowest BCUT2D eigenvalue weighted by molar-refractivity contribution is -0.147. The second-order valence-corrected chi connectivity index (χ2v) is 9.10. The lowest BCUT2D eigenvalue weighted by atomic mass is 10.1. The summed E-state index contributed by atoms with van der Waals surface area (Å²) in [7, 11) is 1.57. The van der Waals surface area contributed by atoms with E-state index in [0.717, 1.165) is 5.56 Å². The van der Waals surface area contributed by atoms with Gasteiger partial charge in [-0.2, -0.15) is 0 Å². The second kappa shape index (κ2) is 9.48. The van der Waals surface area contributed by atoms with E-state index in [4.69, 9.17) is 14.2 Å². The van der Waals surface area contributed by atoms with E-state index in [9.17, 15) is 14.4 Å². The Morgan fingerprint density at radius 3 is 2.37 bits per heavy atom. The van der Waals surface area contributed by atoms with Crippen LogP contribution in [-0.4, -0.2) is 80.1 Å². The predicted molar refractivity (Wildman–Crippen MR) is 128 cm³/mol. The summed E-state index contributed by atoms with van der Waals surface area (Å²) in [5.41, 5.74) is 1.71. The molecule has 2 aromatic rings. The van der Waals surface area contributed by atoms with E-state index >= 15 is 0 Å². The number of ether oxygens (including phenoxy) is 3. The molecule has 9 heteroatoms. The number of benzene rings is 2. The highest BCUT2D eigenvalue weighted by Crippen LogP contribution is 2.35. The molecule has 0 aromatic heterocycles. The summed E-state index contributed by atoms with van der Waals surface area (Å²) in [6.07, 6.45) is -0.528. The summed E-state index contributed by atoms with van der Waals surface area (Å²) in [4.78, 5) is 44.1. The maximum Gasteiger partial charge on any atom is 0.267 e. The summed E-state index contributed by atoms with van der Waals surface area (Å²) in [5, 5.41) is 0. The van der Waals surface area contributed by atoms with Crippen LogP contribution in [0, 0.1) is 12.8 Å². The molecule has 3 heterocycles. The first kappa shape index (κ1) is 23.0. The van der Waals surface area contributed by atoms with E-state index in [2.05, 4.69) is 0 Å². The molecule has 0 spiro atoms. The van der Waals surface area contributed by atoms with Gasteiger partial charge in [-0.15, -0.1) is 0 Å². The van der Waals surface area contributed by atoms with E-state index in [1.807, 2.05) is 43.3 Å². The first-order chi connectivity index (χ1) is 16.9. The molecule has 3 amide bonds. The lowest BCUT2D eigenvalue weighted by Crippen LogP contribution is -2.56. The Labute approximate surface area is 204 Å². The van der Waals surface area contributed by atoms with Gasteiger partial charge in [0.05, 0.1) is 18.7 Å². The van der Waals surface area contributed by atoms with E-state index in [-0.39, 0.29) is 30.7 Å². The quantitative estimate of drug-likeness (QED) is 0.665. The zero-order chi connectivity index (χ0) is 24.5. The Morgan fingerprint density at radius 2 is 1.66 bits per heavy atom. The number of aryl methyl sites for hydroxylation is 1. The van der Waals surface area contributed by atoms with Gasteiger partial charge in [-0.1, -0.05) is 18.2 Å². The van der Waals surface area contributed by atoms with Crippen LogP contribution in [0.25, 0.3) is 0 Å². The highest BCUT2D eigenvalue weighted by molar-refractivity contribution is 6.01. The number of nitrogens with zero attached hydrogens (tertiary/aromatic N) is 3. The summed E-state index contributed by atoms with van der Waals surface area (Å²) >= 11 is 0. The third-order valence-corrected chi connectivity index (χ3v) is 6.79. The lowest BCUT2D eigenvalue weighted by Gasteiger charge is -2.38. The molecule has 0 N–H and O–H groups in total. The Hall–Kier alpha value is -3.75. The van der Waals surface area contributed by atoms with Crippen molar-refractivity contribution in [3.8, 4) is 17.2 Å². The van der Waals surface area contributed by atoms with Gasteiger partial charge in [-0.25, -0.2) is 0 Å². The van der Waals surface area contributed by atoms with Gasteiger partial charge >= 0.3 is 0 Å². The fourth-order valence-corrected chi connectivity index (χ4v) is 4.87. The number of piperazine rings is 1. The maximum atomic E-state index is 13.2. The molecular weight excluding hydrogens is 450 g/mol. The standard InChI is InChI=1S/C26H29N3O6/c1-17-7-8-20(33-2)19(13-17)29-15-18(14-24(29)30)25(31)27-9-11-28(12-10-27)26(32)23-16-34-21-5-3-4-6-22(21)35-23/h3-8,13,18,23H,9-12,14-16H2,1-2H3/t18-,23+/m0/s1. The zero-order valence-corrected chi connectivity index (χ0v) is 19.9. The van der Waals surface area contributed by atoms with Crippen LogP contribution in [0.1, 0.15) is 12.0 Å². The molecule has 0 bridgehead atoms. The third kappa shape index (κ3) is 4.50. The minimum Gasteiger partial charge on any atom is -0.495 e. The van der Waals surface area contributed by atoms with Crippen molar-refractivity contribution >= 4 is 23.4 Å². The van der Waals surface area contributed by atoms with Gasteiger partial charge in [0.15, 0.2) is 11.5 Å². The molecule has 2 fully saturated rings. The summed E-state index contributed by atoms with van der Waals surface area (Å²) < 4.78 is 16.9. The van der Waals surface area contributed by atoms with Crippen LogP contribution in [0.3, 0.4) is 0 Å². The van der Waals surface area contributed by atoms with Crippen LogP contribution in [0.2, 0.25) is 0 Å².